The fourth-order valence-corrected chi connectivity index (χ4v) is 2.21. The molecule has 2 N–H and O–H groups in total. The van der Waals surface area contributed by atoms with Crippen LogP contribution in [0.5, 0.6) is 0 Å². The molecule has 0 radical (unpaired) electrons. The number of hydrogen-bond acceptors (Lipinski definition) is 3. The first-order valence-corrected chi connectivity index (χ1v) is 7.15. The normalized spacial score (nSPS) is 11.9. The van der Waals surface area contributed by atoms with E-state index in [2.05, 4.69) is 30.4 Å². The summed E-state index contributed by atoms with van der Waals surface area (Å²) in [5.74, 6) is 0. The standard InChI is InChI=1S/C18H20N2O/c1-14(18-8-6-16(12-19)7-9-18)20-11-10-15-2-4-17(13-21)5-3-15/h2-9,14,20-21H,10-11,13H2,1H3. The number of nitrogens with one attached hydrogen (secondary N) is 1. The minimum Gasteiger partial charge on any atom is -0.392 e. The third-order valence-corrected chi connectivity index (χ3v) is 3.61. The molecule has 0 amide bonds. The molecule has 0 aromatic heterocycles. The lowest BCUT2D eigenvalue weighted by Crippen LogP contribution is -2.21. The SMILES string of the molecule is CC(NCCc1ccc(CO)cc1)c1ccc(C#N)cc1. The summed E-state index contributed by atoms with van der Waals surface area (Å²) >= 11 is 0. The van der Waals surface area contributed by atoms with E-state index in [1.165, 1.54) is 11.1 Å². The Labute approximate surface area is 125 Å². The van der Waals surface area contributed by atoms with E-state index in [0.717, 1.165) is 18.5 Å². The van der Waals surface area contributed by atoms with E-state index in [0.29, 0.717) is 5.56 Å². The van der Waals surface area contributed by atoms with Crippen LogP contribution in [-0.2, 0) is 13.0 Å². The lowest BCUT2D eigenvalue weighted by Gasteiger charge is -2.14. The third-order valence-electron chi connectivity index (χ3n) is 3.61. The van der Waals surface area contributed by atoms with Crippen LogP contribution in [0.3, 0.4) is 0 Å². The van der Waals surface area contributed by atoms with Crippen molar-refractivity contribution in [2.45, 2.75) is 26.0 Å². The molecule has 0 spiro atoms. The molecule has 0 aliphatic rings. The Morgan fingerprint density at radius 3 is 2.24 bits per heavy atom. The third kappa shape index (κ3) is 4.42. The Morgan fingerprint density at radius 2 is 1.67 bits per heavy atom. The van der Waals surface area contributed by atoms with E-state index < -0.39 is 0 Å². The molecule has 2 rings (SSSR count). The lowest BCUT2D eigenvalue weighted by molar-refractivity contribution is 0.282. The minimum atomic E-state index is 0.0915. The van der Waals surface area contributed by atoms with Crippen LogP contribution >= 0.6 is 0 Å². The highest BCUT2D eigenvalue weighted by Crippen LogP contribution is 2.13. The maximum atomic E-state index is 9.01. The summed E-state index contributed by atoms with van der Waals surface area (Å²) in [5, 5.41) is 21.3. The molecule has 1 unspecified atom stereocenters. The molecule has 108 valence electrons. The van der Waals surface area contributed by atoms with E-state index in [9.17, 15) is 0 Å². The molecule has 2 aromatic rings. The summed E-state index contributed by atoms with van der Waals surface area (Å²) < 4.78 is 0. The van der Waals surface area contributed by atoms with Crippen LogP contribution in [0, 0.1) is 11.3 Å². The van der Waals surface area contributed by atoms with Gasteiger partial charge < -0.3 is 10.4 Å². The predicted molar refractivity (Wildman–Crippen MR) is 83.6 cm³/mol. The number of benzene rings is 2. The average Bonchev–Trinajstić information content (AvgIpc) is 2.55. The Kier molecular flexibility index (Phi) is 5.51. The second kappa shape index (κ2) is 7.58. The highest BCUT2D eigenvalue weighted by molar-refractivity contribution is 5.32. The maximum absolute atomic E-state index is 9.01. The van der Waals surface area contributed by atoms with Crippen LogP contribution in [0.4, 0.5) is 0 Å². The van der Waals surface area contributed by atoms with Gasteiger partial charge in [0.2, 0.25) is 0 Å². The molecule has 0 fully saturated rings. The first-order valence-electron chi connectivity index (χ1n) is 7.15. The monoisotopic (exact) mass is 280 g/mol. The van der Waals surface area contributed by atoms with Crippen LogP contribution in [0.15, 0.2) is 48.5 Å². The topological polar surface area (TPSA) is 56.0 Å². The Balaban J connectivity index is 1.82. The van der Waals surface area contributed by atoms with Gasteiger partial charge in [-0.1, -0.05) is 36.4 Å². The molecule has 3 nitrogen and oxygen atoms in total. The van der Waals surface area contributed by atoms with Gasteiger partial charge in [0.1, 0.15) is 0 Å². The Bertz CT molecular complexity index is 597. The Morgan fingerprint density at radius 1 is 1.05 bits per heavy atom. The van der Waals surface area contributed by atoms with Gasteiger partial charge in [-0.3, -0.25) is 0 Å². The van der Waals surface area contributed by atoms with Gasteiger partial charge in [-0.05, 0) is 48.7 Å². The number of hydrogen-bond donors (Lipinski definition) is 2. The molecular weight excluding hydrogens is 260 g/mol. The van der Waals surface area contributed by atoms with Crippen molar-refractivity contribution in [3.05, 3.63) is 70.8 Å². The first kappa shape index (κ1) is 15.2. The summed E-state index contributed by atoms with van der Waals surface area (Å²) in [6.45, 7) is 3.10. The molecule has 2 aromatic carbocycles. The van der Waals surface area contributed by atoms with Gasteiger partial charge in [0.25, 0.3) is 0 Å². The van der Waals surface area contributed by atoms with Gasteiger partial charge >= 0.3 is 0 Å². The van der Waals surface area contributed by atoms with Gasteiger partial charge in [0.15, 0.2) is 0 Å². The highest BCUT2D eigenvalue weighted by atomic mass is 16.3. The average molecular weight is 280 g/mol. The second-order valence-electron chi connectivity index (χ2n) is 5.13. The number of aliphatic hydroxyl groups excluding tert-OH is 1. The molecule has 0 bridgehead atoms. The molecule has 3 heteroatoms. The zero-order valence-electron chi connectivity index (χ0n) is 12.2. The molecular formula is C18H20N2O. The van der Waals surface area contributed by atoms with E-state index in [1.54, 1.807) is 0 Å². The molecule has 0 saturated heterocycles. The zero-order valence-corrected chi connectivity index (χ0v) is 12.2. The number of nitrogens with zero attached hydrogens (tertiary/aromatic N) is 1. The summed E-state index contributed by atoms with van der Waals surface area (Å²) in [6.07, 6.45) is 0.951. The molecule has 0 aliphatic carbocycles. The van der Waals surface area contributed by atoms with Crippen molar-refractivity contribution in [3.8, 4) is 6.07 Å². The largest absolute Gasteiger partial charge is 0.392 e. The van der Waals surface area contributed by atoms with E-state index in [-0.39, 0.29) is 12.6 Å². The van der Waals surface area contributed by atoms with Crippen molar-refractivity contribution < 1.29 is 5.11 Å². The van der Waals surface area contributed by atoms with E-state index in [4.69, 9.17) is 10.4 Å². The fraction of sp³-hybridized carbons (Fsp3) is 0.278. The van der Waals surface area contributed by atoms with Crippen molar-refractivity contribution in [1.29, 1.82) is 5.26 Å². The molecule has 0 heterocycles. The van der Waals surface area contributed by atoms with Crippen LogP contribution in [-0.4, -0.2) is 11.7 Å². The number of nitriles is 1. The van der Waals surface area contributed by atoms with Crippen molar-refractivity contribution in [2.75, 3.05) is 6.54 Å². The number of aliphatic hydroxyl groups is 1. The van der Waals surface area contributed by atoms with E-state index in [1.807, 2.05) is 36.4 Å². The predicted octanol–water partition coefficient (Wildman–Crippen LogP) is 2.94. The summed E-state index contributed by atoms with van der Waals surface area (Å²) in [6, 6.07) is 18.1. The minimum absolute atomic E-state index is 0.0915. The van der Waals surface area contributed by atoms with Crippen molar-refractivity contribution in [1.82, 2.24) is 5.32 Å². The van der Waals surface area contributed by atoms with Gasteiger partial charge in [-0.2, -0.15) is 5.26 Å². The van der Waals surface area contributed by atoms with Gasteiger partial charge in [0.05, 0.1) is 18.2 Å². The van der Waals surface area contributed by atoms with Crippen molar-refractivity contribution in [3.63, 3.8) is 0 Å². The maximum Gasteiger partial charge on any atom is 0.0991 e. The van der Waals surface area contributed by atoms with E-state index >= 15 is 0 Å². The summed E-state index contributed by atoms with van der Waals surface area (Å²) in [4.78, 5) is 0. The van der Waals surface area contributed by atoms with Crippen LogP contribution in [0.2, 0.25) is 0 Å². The molecule has 1 atom stereocenters. The highest BCUT2D eigenvalue weighted by Gasteiger charge is 2.04. The van der Waals surface area contributed by atoms with Gasteiger partial charge in [0, 0.05) is 6.04 Å². The van der Waals surface area contributed by atoms with Crippen molar-refractivity contribution >= 4 is 0 Å². The molecule has 21 heavy (non-hydrogen) atoms. The Hall–Kier alpha value is -2.15. The van der Waals surface area contributed by atoms with Crippen LogP contribution in [0.1, 0.15) is 35.2 Å². The van der Waals surface area contributed by atoms with Gasteiger partial charge in [-0.15, -0.1) is 0 Å². The zero-order chi connectivity index (χ0) is 15.1. The molecule has 0 aliphatic heterocycles. The second-order valence-corrected chi connectivity index (χ2v) is 5.13. The molecule has 0 saturated carbocycles. The summed E-state index contributed by atoms with van der Waals surface area (Å²) in [5.41, 5.74) is 4.07. The fourth-order valence-electron chi connectivity index (χ4n) is 2.21. The van der Waals surface area contributed by atoms with Gasteiger partial charge in [-0.25, -0.2) is 0 Å². The smallest absolute Gasteiger partial charge is 0.0991 e. The first-order chi connectivity index (χ1) is 10.2. The quantitative estimate of drug-likeness (QED) is 0.855. The summed E-state index contributed by atoms with van der Waals surface area (Å²) in [7, 11) is 0. The lowest BCUT2D eigenvalue weighted by atomic mass is 10.1. The van der Waals surface area contributed by atoms with Crippen molar-refractivity contribution in [2.24, 2.45) is 0 Å². The number of rotatable bonds is 6. The van der Waals surface area contributed by atoms with Crippen LogP contribution in [0.25, 0.3) is 0 Å². The van der Waals surface area contributed by atoms with Crippen LogP contribution < -0.4 is 5.32 Å².